The largest absolute Gasteiger partial charge is 0.491 e. The average Bonchev–Trinajstić information content (AvgIpc) is 2.45. The van der Waals surface area contributed by atoms with Crippen molar-refractivity contribution in [3.8, 4) is 5.75 Å². The number of nitrogen functional groups attached to an aromatic ring is 1. The summed E-state index contributed by atoms with van der Waals surface area (Å²) < 4.78 is 28.8. The zero-order valence-corrected chi connectivity index (χ0v) is 12.8. The fourth-order valence-corrected chi connectivity index (χ4v) is 2.90. The molecule has 0 amide bonds. The number of anilines is 1. The summed E-state index contributed by atoms with van der Waals surface area (Å²) in [7, 11) is -3.33. The minimum atomic E-state index is -3.33. The molecule has 2 aromatic rings. The Kier molecular flexibility index (Phi) is 4.85. The summed E-state index contributed by atoms with van der Waals surface area (Å²) in [5, 5.41) is 0. The van der Waals surface area contributed by atoms with E-state index in [0.717, 1.165) is 19.1 Å². The number of hydrogen-bond acceptors (Lipinski definition) is 4. The molecule has 0 fully saturated rings. The van der Waals surface area contributed by atoms with Crippen LogP contribution in [0.5, 0.6) is 5.75 Å². The van der Waals surface area contributed by atoms with Crippen molar-refractivity contribution in [3.63, 3.8) is 0 Å². The fourth-order valence-electron chi connectivity index (χ4n) is 2.08. The first-order valence-electron chi connectivity index (χ1n) is 6.74. The van der Waals surface area contributed by atoms with Crippen LogP contribution in [0, 0.1) is 0 Å². The number of para-hydroxylation sites is 1. The maximum Gasteiger partial charge on any atom is 0.177 e. The molecule has 0 spiro atoms. The molecule has 0 unspecified atom stereocenters. The molecule has 0 radical (unpaired) electrons. The molecule has 0 aliphatic carbocycles. The van der Waals surface area contributed by atoms with Crippen LogP contribution in [-0.4, -0.2) is 21.3 Å². The van der Waals surface area contributed by atoms with Crippen molar-refractivity contribution in [1.82, 2.24) is 0 Å². The number of benzene rings is 2. The number of ether oxygens (including phenoxy) is 1. The molecule has 4 nitrogen and oxygen atoms in total. The van der Waals surface area contributed by atoms with Gasteiger partial charge in [-0.3, -0.25) is 0 Å². The van der Waals surface area contributed by atoms with Gasteiger partial charge in [0.2, 0.25) is 0 Å². The highest BCUT2D eigenvalue weighted by atomic mass is 32.2. The van der Waals surface area contributed by atoms with Crippen LogP contribution in [0.4, 0.5) is 5.69 Å². The predicted octanol–water partition coefficient (Wildman–Crippen LogP) is 2.68. The number of hydrogen-bond donors (Lipinski definition) is 1. The molecule has 0 saturated heterocycles. The number of rotatable bonds is 6. The van der Waals surface area contributed by atoms with Gasteiger partial charge < -0.3 is 10.5 Å². The van der Waals surface area contributed by atoms with E-state index in [4.69, 9.17) is 10.5 Å². The Balaban J connectivity index is 1.95. The van der Waals surface area contributed by atoms with E-state index in [0.29, 0.717) is 12.4 Å². The molecule has 5 heteroatoms. The lowest BCUT2D eigenvalue weighted by Crippen LogP contribution is -2.06. The van der Waals surface area contributed by atoms with Gasteiger partial charge in [0.25, 0.3) is 0 Å². The quantitative estimate of drug-likeness (QED) is 0.658. The highest BCUT2D eigenvalue weighted by molar-refractivity contribution is 7.90. The molecule has 2 aromatic carbocycles. The SMILES string of the molecule is CS(=O)(=O)c1cccc(OCCCc2ccccc2)c1N. The summed E-state index contributed by atoms with van der Waals surface area (Å²) in [6.07, 6.45) is 2.89. The van der Waals surface area contributed by atoms with Gasteiger partial charge in [0, 0.05) is 6.26 Å². The monoisotopic (exact) mass is 305 g/mol. The van der Waals surface area contributed by atoms with Crippen LogP contribution < -0.4 is 10.5 Å². The molecular formula is C16H19NO3S. The molecule has 2 N–H and O–H groups in total. The van der Waals surface area contributed by atoms with E-state index in [1.165, 1.54) is 11.6 Å². The molecule has 0 atom stereocenters. The minimum Gasteiger partial charge on any atom is -0.491 e. The van der Waals surface area contributed by atoms with Crippen molar-refractivity contribution >= 4 is 15.5 Å². The van der Waals surface area contributed by atoms with Crippen LogP contribution in [0.2, 0.25) is 0 Å². The zero-order valence-electron chi connectivity index (χ0n) is 12.0. The third-order valence-corrected chi connectivity index (χ3v) is 4.29. The molecule has 0 aliphatic rings. The lowest BCUT2D eigenvalue weighted by Gasteiger charge is -2.11. The highest BCUT2D eigenvalue weighted by Crippen LogP contribution is 2.28. The Morgan fingerprint density at radius 2 is 1.76 bits per heavy atom. The van der Waals surface area contributed by atoms with Crippen LogP contribution in [0.1, 0.15) is 12.0 Å². The van der Waals surface area contributed by atoms with Gasteiger partial charge in [0.1, 0.15) is 5.75 Å². The fraction of sp³-hybridized carbons (Fsp3) is 0.250. The van der Waals surface area contributed by atoms with E-state index in [2.05, 4.69) is 12.1 Å². The summed E-state index contributed by atoms with van der Waals surface area (Å²) in [6.45, 7) is 0.492. The molecular weight excluding hydrogens is 286 g/mol. The Morgan fingerprint density at radius 1 is 1.05 bits per heavy atom. The van der Waals surface area contributed by atoms with E-state index in [1.54, 1.807) is 12.1 Å². The van der Waals surface area contributed by atoms with Crippen molar-refractivity contribution in [3.05, 3.63) is 54.1 Å². The van der Waals surface area contributed by atoms with Gasteiger partial charge >= 0.3 is 0 Å². The van der Waals surface area contributed by atoms with Crippen molar-refractivity contribution in [2.45, 2.75) is 17.7 Å². The maximum atomic E-state index is 11.6. The number of aryl methyl sites for hydroxylation is 1. The summed E-state index contributed by atoms with van der Waals surface area (Å²) >= 11 is 0. The van der Waals surface area contributed by atoms with E-state index in [1.807, 2.05) is 18.2 Å². The maximum absolute atomic E-state index is 11.6. The molecule has 0 heterocycles. The third-order valence-electron chi connectivity index (χ3n) is 3.14. The van der Waals surface area contributed by atoms with Crippen LogP contribution in [0.25, 0.3) is 0 Å². The summed E-state index contributed by atoms with van der Waals surface area (Å²) in [6, 6.07) is 14.9. The predicted molar refractivity (Wildman–Crippen MR) is 84.2 cm³/mol. The first-order chi connectivity index (χ1) is 9.98. The van der Waals surface area contributed by atoms with Crippen molar-refractivity contribution in [1.29, 1.82) is 0 Å². The van der Waals surface area contributed by atoms with Gasteiger partial charge in [-0.1, -0.05) is 36.4 Å². The molecule has 112 valence electrons. The van der Waals surface area contributed by atoms with E-state index in [-0.39, 0.29) is 10.6 Å². The molecule has 2 rings (SSSR count). The second-order valence-electron chi connectivity index (χ2n) is 4.88. The first kappa shape index (κ1) is 15.4. The van der Waals surface area contributed by atoms with E-state index < -0.39 is 9.84 Å². The summed E-state index contributed by atoms with van der Waals surface area (Å²) in [5.41, 5.74) is 7.29. The van der Waals surface area contributed by atoms with Gasteiger partial charge in [-0.05, 0) is 30.5 Å². The Hall–Kier alpha value is -2.01. The van der Waals surface area contributed by atoms with Crippen molar-refractivity contribution in [2.75, 3.05) is 18.6 Å². The van der Waals surface area contributed by atoms with E-state index >= 15 is 0 Å². The molecule has 0 aromatic heterocycles. The van der Waals surface area contributed by atoms with Crippen LogP contribution in [-0.2, 0) is 16.3 Å². The standard InChI is InChI=1S/C16H19NO3S/c1-21(18,19)15-11-5-10-14(16(15)17)20-12-6-9-13-7-3-2-4-8-13/h2-5,7-8,10-11H,6,9,12,17H2,1H3. The van der Waals surface area contributed by atoms with Crippen molar-refractivity contribution < 1.29 is 13.2 Å². The number of sulfone groups is 1. The normalized spacial score (nSPS) is 11.3. The number of nitrogens with two attached hydrogens (primary N) is 1. The van der Waals surface area contributed by atoms with E-state index in [9.17, 15) is 8.42 Å². The smallest absolute Gasteiger partial charge is 0.177 e. The topological polar surface area (TPSA) is 69.4 Å². The lowest BCUT2D eigenvalue weighted by molar-refractivity contribution is 0.312. The zero-order chi connectivity index (χ0) is 15.3. The van der Waals surface area contributed by atoms with Crippen LogP contribution in [0.3, 0.4) is 0 Å². The molecule has 0 bridgehead atoms. The van der Waals surface area contributed by atoms with Gasteiger partial charge in [0.15, 0.2) is 9.84 Å². The molecule has 0 saturated carbocycles. The second kappa shape index (κ2) is 6.63. The summed E-state index contributed by atoms with van der Waals surface area (Å²) in [4.78, 5) is 0.114. The van der Waals surface area contributed by atoms with Gasteiger partial charge in [-0.25, -0.2) is 8.42 Å². The Labute approximate surface area is 125 Å². The second-order valence-corrected chi connectivity index (χ2v) is 6.86. The Bertz CT molecular complexity index is 697. The highest BCUT2D eigenvalue weighted by Gasteiger charge is 2.14. The Morgan fingerprint density at radius 3 is 2.43 bits per heavy atom. The van der Waals surface area contributed by atoms with Gasteiger partial charge in [-0.2, -0.15) is 0 Å². The lowest BCUT2D eigenvalue weighted by atomic mass is 10.1. The summed E-state index contributed by atoms with van der Waals surface area (Å²) in [5.74, 6) is 0.422. The first-order valence-corrected chi connectivity index (χ1v) is 8.63. The minimum absolute atomic E-state index is 0.114. The van der Waals surface area contributed by atoms with Crippen LogP contribution >= 0.6 is 0 Å². The molecule has 0 aliphatic heterocycles. The average molecular weight is 305 g/mol. The van der Waals surface area contributed by atoms with Crippen LogP contribution in [0.15, 0.2) is 53.4 Å². The van der Waals surface area contributed by atoms with Crippen molar-refractivity contribution in [2.24, 2.45) is 0 Å². The molecule has 21 heavy (non-hydrogen) atoms. The third kappa shape index (κ3) is 4.23. The van der Waals surface area contributed by atoms with Gasteiger partial charge in [0.05, 0.1) is 17.2 Å². The van der Waals surface area contributed by atoms with Gasteiger partial charge in [-0.15, -0.1) is 0 Å².